The second-order valence-corrected chi connectivity index (χ2v) is 4.15. The normalized spacial score (nSPS) is 17.6. The second-order valence-electron chi connectivity index (χ2n) is 4.15. The third-order valence-corrected chi connectivity index (χ3v) is 2.73. The highest BCUT2D eigenvalue weighted by molar-refractivity contribution is 5.94. The molecule has 1 amide bonds. The highest BCUT2D eigenvalue weighted by Gasteiger charge is 2.23. The molecule has 19 heavy (non-hydrogen) atoms. The summed E-state index contributed by atoms with van der Waals surface area (Å²) >= 11 is 0. The van der Waals surface area contributed by atoms with Gasteiger partial charge in [0.2, 0.25) is 0 Å². The third kappa shape index (κ3) is 4.70. The maximum absolute atomic E-state index is 11.8. The van der Waals surface area contributed by atoms with Gasteiger partial charge in [0, 0.05) is 18.8 Å². The Kier molecular flexibility index (Phi) is 6.62. The highest BCUT2D eigenvalue weighted by atomic mass is 35.5. The number of nitrogens with one attached hydrogen (secondary N) is 1. The van der Waals surface area contributed by atoms with Gasteiger partial charge in [0.15, 0.2) is 0 Å². The molecule has 1 aliphatic heterocycles. The van der Waals surface area contributed by atoms with E-state index in [0.717, 1.165) is 24.3 Å². The maximum Gasteiger partial charge on any atom is 0.253 e. The molecule has 1 saturated heterocycles. The average molecular weight is 287 g/mol. The predicted molar refractivity (Wildman–Crippen MR) is 75.8 cm³/mol. The van der Waals surface area contributed by atoms with Gasteiger partial charge in [-0.05, 0) is 37.1 Å². The molecule has 0 aliphatic carbocycles. The number of anilines is 1. The monoisotopic (exact) mass is 286 g/mol. The zero-order valence-corrected chi connectivity index (χ0v) is 11.4. The van der Waals surface area contributed by atoms with Gasteiger partial charge >= 0.3 is 0 Å². The number of amides is 1. The Morgan fingerprint density at radius 3 is 2.74 bits per heavy atom. The molecule has 1 aromatic rings. The van der Waals surface area contributed by atoms with Crippen LogP contribution < -0.4 is 15.8 Å². The fourth-order valence-corrected chi connectivity index (χ4v) is 1.82. The minimum Gasteiger partial charge on any atom is -0.492 e. The average Bonchev–Trinajstić information content (AvgIpc) is 2.92. The molecule has 0 spiro atoms. The maximum atomic E-state index is 11.8. The lowest BCUT2D eigenvalue weighted by Gasteiger charge is -2.11. The number of nitrogens with two attached hydrogens (primary N) is 1. The SMILES string of the molecule is Cl.NCCOc1ccc(NC(=O)[C@H]2CCCO2)cc1. The van der Waals surface area contributed by atoms with E-state index in [4.69, 9.17) is 15.2 Å². The van der Waals surface area contributed by atoms with Gasteiger partial charge in [-0.25, -0.2) is 0 Å². The van der Waals surface area contributed by atoms with E-state index in [0.29, 0.717) is 19.8 Å². The fourth-order valence-electron chi connectivity index (χ4n) is 1.82. The Hall–Kier alpha value is -1.30. The van der Waals surface area contributed by atoms with Gasteiger partial charge in [0.1, 0.15) is 18.5 Å². The van der Waals surface area contributed by atoms with Crippen molar-refractivity contribution in [3.63, 3.8) is 0 Å². The standard InChI is InChI=1S/C13H18N2O3.ClH/c14-7-9-17-11-5-3-10(4-6-11)15-13(16)12-2-1-8-18-12;/h3-6,12H,1-2,7-9,14H2,(H,15,16);1H/t12-;/m1./s1. The number of benzene rings is 1. The van der Waals surface area contributed by atoms with Crippen LogP contribution in [0, 0.1) is 0 Å². The van der Waals surface area contributed by atoms with E-state index in [1.165, 1.54) is 0 Å². The van der Waals surface area contributed by atoms with Crippen LogP contribution in [0.25, 0.3) is 0 Å². The minimum absolute atomic E-state index is 0. The Bertz CT molecular complexity index is 391. The molecule has 0 unspecified atom stereocenters. The number of carbonyl (C=O) groups is 1. The number of hydrogen-bond acceptors (Lipinski definition) is 4. The van der Waals surface area contributed by atoms with E-state index in [9.17, 15) is 4.79 Å². The summed E-state index contributed by atoms with van der Waals surface area (Å²) in [4.78, 5) is 11.8. The Morgan fingerprint density at radius 2 is 2.16 bits per heavy atom. The Labute approximate surface area is 118 Å². The first kappa shape index (κ1) is 15.8. The molecule has 0 saturated carbocycles. The van der Waals surface area contributed by atoms with Crippen LogP contribution in [0.2, 0.25) is 0 Å². The lowest BCUT2D eigenvalue weighted by atomic mass is 10.2. The van der Waals surface area contributed by atoms with Gasteiger partial charge in [-0.3, -0.25) is 4.79 Å². The van der Waals surface area contributed by atoms with E-state index in [-0.39, 0.29) is 24.4 Å². The largest absolute Gasteiger partial charge is 0.492 e. The Morgan fingerprint density at radius 1 is 1.42 bits per heavy atom. The lowest BCUT2D eigenvalue weighted by Crippen LogP contribution is -2.26. The molecule has 1 heterocycles. The van der Waals surface area contributed by atoms with Crippen molar-refractivity contribution in [1.29, 1.82) is 0 Å². The van der Waals surface area contributed by atoms with Crippen molar-refractivity contribution in [3.05, 3.63) is 24.3 Å². The van der Waals surface area contributed by atoms with E-state index in [2.05, 4.69) is 5.32 Å². The molecule has 5 nitrogen and oxygen atoms in total. The van der Waals surface area contributed by atoms with Crippen molar-refractivity contribution >= 4 is 24.0 Å². The van der Waals surface area contributed by atoms with Crippen molar-refractivity contribution < 1.29 is 14.3 Å². The van der Waals surface area contributed by atoms with Crippen LogP contribution in [0.4, 0.5) is 5.69 Å². The molecule has 106 valence electrons. The molecule has 3 N–H and O–H groups in total. The van der Waals surface area contributed by atoms with Crippen LogP contribution in [0.5, 0.6) is 5.75 Å². The molecule has 1 fully saturated rings. The first-order chi connectivity index (χ1) is 8.79. The summed E-state index contributed by atoms with van der Waals surface area (Å²) in [5, 5.41) is 2.82. The second kappa shape index (κ2) is 7.99. The fraction of sp³-hybridized carbons (Fsp3) is 0.462. The molecule has 0 bridgehead atoms. The van der Waals surface area contributed by atoms with Crippen molar-refractivity contribution in [2.75, 3.05) is 25.1 Å². The molecule has 1 aromatic carbocycles. The lowest BCUT2D eigenvalue weighted by molar-refractivity contribution is -0.124. The summed E-state index contributed by atoms with van der Waals surface area (Å²) < 4.78 is 10.7. The molecule has 1 atom stereocenters. The number of carbonyl (C=O) groups excluding carboxylic acids is 1. The zero-order valence-electron chi connectivity index (χ0n) is 10.6. The van der Waals surface area contributed by atoms with Crippen LogP contribution in [0.15, 0.2) is 24.3 Å². The number of rotatable bonds is 5. The summed E-state index contributed by atoms with van der Waals surface area (Å²) in [6.07, 6.45) is 1.44. The van der Waals surface area contributed by atoms with Crippen LogP contribution >= 0.6 is 12.4 Å². The van der Waals surface area contributed by atoms with Crippen molar-refractivity contribution in [2.45, 2.75) is 18.9 Å². The van der Waals surface area contributed by atoms with E-state index >= 15 is 0 Å². The molecule has 0 aromatic heterocycles. The zero-order chi connectivity index (χ0) is 12.8. The van der Waals surface area contributed by atoms with Crippen LogP contribution in [-0.2, 0) is 9.53 Å². The summed E-state index contributed by atoms with van der Waals surface area (Å²) in [5.74, 6) is 0.665. The van der Waals surface area contributed by atoms with E-state index < -0.39 is 0 Å². The minimum atomic E-state index is -0.307. The smallest absolute Gasteiger partial charge is 0.253 e. The van der Waals surface area contributed by atoms with Crippen molar-refractivity contribution in [3.8, 4) is 5.75 Å². The number of halogens is 1. The number of hydrogen-bond donors (Lipinski definition) is 2. The summed E-state index contributed by atoms with van der Waals surface area (Å²) in [5.41, 5.74) is 6.09. The van der Waals surface area contributed by atoms with Crippen LogP contribution in [-0.4, -0.2) is 31.8 Å². The van der Waals surface area contributed by atoms with Crippen LogP contribution in [0.1, 0.15) is 12.8 Å². The van der Waals surface area contributed by atoms with Gasteiger partial charge in [-0.15, -0.1) is 12.4 Å². The quantitative estimate of drug-likeness (QED) is 0.861. The summed E-state index contributed by atoms with van der Waals surface area (Å²) in [7, 11) is 0. The van der Waals surface area contributed by atoms with Crippen molar-refractivity contribution in [1.82, 2.24) is 0 Å². The molecular formula is C13H19ClN2O3. The van der Waals surface area contributed by atoms with Gasteiger partial charge in [0.25, 0.3) is 5.91 Å². The number of ether oxygens (including phenoxy) is 2. The van der Waals surface area contributed by atoms with Gasteiger partial charge in [-0.1, -0.05) is 0 Å². The highest BCUT2D eigenvalue weighted by Crippen LogP contribution is 2.18. The predicted octanol–water partition coefficient (Wildman–Crippen LogP) is 1.56. The first-order valence-electron chi connectivity index (χ1n) is 6.15. The molecule has 6 heteroatoms. The molecule has 0 radical (unpaired) electrons. The summed E-state index contributed by atoms with van der Waals surface area (Å²) in [6.45, 7) is 1.64. The van der Waals surface area contributed by atoms with Gasteiger partial charge < -0.3 is 20.5 Å². The van der Waals surface area contributed by atoms with Gasteiger partial charge in [-0.2, -0.15) is 0 Å². The van der Waals surface area contributed by atoms with E-state index in [1.807, 2.05) is 0 Å². The van der Waals surface area contributed by atoms with Crippen LogP contribution in [0.3, 0.4) is 0 Å². The van der Waals surface area contributed by atoms with E-state index in [1.54, 1.807) is 24.3 Å². The first-order valence-corrected chi connectivity index (χ1v) is 6.15. The Balaban J connectivity index is 0.00000180. The molecule has 2 rings (SSSR count). The van der Waals surface area contributed by atoms with Gasteiger partial charge in [0.05, 0.1) is 0 Å². The third-order valence-electron chi connectivity index (χ3n) is 2.73. The molecule has 1 aliphatic rings. The van der Waals surface area contributed by atoms with Crippen molar-refractivity contribution in [2.24, 2.45) is 5.73 Å². The molecular weight excluding hydrogens is 268 g/mol. The topological polar surface area (TPSA) is 73.6 Å². The summed E-state index contributed by atoms with van der Waals surface area (Å²) in [6, 6.07) is 7.22.